The van der Waals surface area contributed by atoms with Gasteiger partial charge in [-0.2, -0.15) is 9.40 Å². The molecule has 3 rings (SSSR count). The number of aromatic nitrogens is 3. The first-order chi connectivity index (χ1) is 12.3. The van der Waals surface area contributed by atoms with Crippen LogP contribution in [-0.4, -0.2) is 46.9 Å². The molecule has 0 aliphatic carbocycles. The van der Waals surface area contributed by atoms with Gasteiger partial charge in [0.25, 0.3) is 0 Å². The first kappa shape index (κ1) is 18.3. The fourth-order valence-corrected chi connectivity index (χ4v) is 5.00. The lowest BCUT2D eigenvalue weighted by atomic mass is 9.99. The predicted molar refractivity (Wildman–Crippen MR) is 96.8 cm³/mol. The van der Waals surface area contributed by atoms with Crippen molar-refractivity contribution in [2.24, 2.45) is 5.92 Å². The summed E-state index contributed by atoms with van der Waals surface area (Å²) in [5.41, 5.74) is 7.00. The maximum atomic E-state index is 13.0. The van der Waals surface area contributed by atoms with Crippen LogP contribution in [-0.2, 0) is 14.8 Å². The molecule has 1 aliphatic heterocycles. The summed E-state index contributed by atoms with van der Waals surface area (Å²) in [5, 5.41) is 9.44. The first-order valence-electron chi connectivity index (χ1n) is 8.33. The number of hydrogen-bond donors (Lipinski definition) is 3. The molecule has 0 aromatic carbocycles. The number of nitrogen functional groups attached to an aromatic ring is 1. The van der Waals surface area contributed by atoms with Gasteiger partial charge in [0.2, 0.25) is 15.9 Å². The summed E-state index contributed by atoms with van der Waals surface area (Å²) >= 11 is 0. The number of carbonyl (C=O) groups excluding carboxylic acids is 1. The molecule has 10 heteroatoms. The number of rotatable bonds is 4. The molecule has 26 heavy (non-hydrogen) atoms. The Balaban J connectivity index is 1.74. The number of aromatic amines is 1. The Labute approximate surface area is 152 Å². The largest absolute Gasteiger partial charge is 0.384 e. The number of nitrogens with zero attached hydrogens (tertiary/aromatic N) is 3. The minimum atomic E-state index is -3.69. The van der Waals surface area contributed by atoms with E-state index in [1.54, 1.807) is 26.0 Å². The normalized spacial score (nSPS) is 18.6. The average Bonchev–Trinajstić information content (AvgIpc) is 2.96. The third-order valence-electron chi connectivity index (χ3n) is 4.47. The van der Waals surface area contributed by atoms with Gasteiger partial charge in [-0.05, 0) is 38.8 Å². The highest BCUT2D eigenvalue weighted by atomic mass is 32.2. The zero-order valence-corrected chi connectivity index (χ0v) is 15.5. The van der Waals surface area contributed by atoms with Gasteiger partial charge < -0.3 is 11.1 Å². The van der Waals surface area contributed by atoms with E-state index in [1.165, 1.54) is 10.5 Å². The van der Waals surface area contributed by atoms with E-state index in [4.69, 9.17) is 5.73 Å². The number of sulfonamides is 1. The Morgan fingerprint density at radius 1 is 1.38 bits per heavy atom. The van der Waals surface area contributed by atoms with Gasteiger partial charge in [0.05, 0.1) is 29.2 Å². The van der Waals surface area contributed by atoms with Crippen molar-refractivity contribution in [1.82, 2.24) is 19.5 Å². The van der Waals surface area contributed by atoms with Crippen molar-refractivity contribution in [2.45, 2.75) is 31.6 Å². The number of H-pyrrole nitrogens is 1. The number of nitrogens with two attached hydrogens (primary N) is 1. The highest BCUT2D eigenvalue weighted by Crippen LogP contribution is 2.27. The van der Waals surface area contributed by atoms with Crippen LogP contribution in [0.3, 0.4) is 0 Å². The number of aryl methyl sites for hydroxylation is 2. The summed E-state index contributed by atoms with van der Waals surface area (Å²) in [6, 6.07) is 3.26. The van der Waals surface area contributed by atoms with E-state index in [2.05, 4.69) is 20.5 Å². The van der Waals surface area contributed by atoms with Crippen molar-refractivity contribution >= 4 is 27.4 Å². The van der Waals surface area contributed by atoms with Crippen LogP contribution in [0.2, 0.25) is 0 Å². The topological polar surface area (TPSA) is 134 Å². The van der Waals surface area contributed by atoms with Crippen LogP contribution in [0.5, 0.6) is 0 Å². The van der Waals surface area contributed by atoms with Crippen LogP contribution in [0, 0.1) is 19.8 Å². The molecule has 0 saturated carbocycles. The van der Waals surface area contributed by atoms with Gasteiger partial charge in [-0.15, -0.1) is 0 Å². The summed E-state index contributed by atoms with van der Waals surface area (Å²) in [6.45, 7) is 3.86. The molecular weight excluding hydrogens is 356 g/mol. The smallest absolute Gasteiger partial charge is 0.246 e. The molecule has 0 radical (unpaired) electrons. The number of amides is 1. The number of piperidine rings is 1. The summed E-state index contributed by atoms with van der Waals surface area (Å²) in [5.74, 6) is -0.288. The molecule has 1 atom stereocenters. The predicted octanol–water partition coefficient (Wildman–Crippen LogP) is 1.04. The summed E-state index contributed by atoms with van der Waals surface area (Å²) < 4.78 is 27.3. The molecule has 140 valence electrons. The Morgan fingerprint density at radius 2 is 2.15 bits per heavy atom. The molecule has 1 aliphatic rings. The summed E-state index contributed by atoms with van der Waals surface area (Å²) in [7, 11) is -3.69. The van der Waals surface area contributed by atoms with E-state index in [9.17, 15) is 13.2 Å². The van der Waals surface area contributed by atoms with Crippen molar-refractivity contribution in [2.75, 3.05) is 24.1 Å². The molecule has 1 fully saturated rings. The van der Waals surface area contributed by atoms with Crippen LogP contribution in [0.4, 0.5) is 11.5 Å². The van der Waals surface area contributed by atoms with Crippen molar-refractivity contribution in [1.29, 1.82) is 0 Å². The van der Waals surface area contributed by atoms with E-state index in [0.717, 1.165) is 0 Å². The molecule has 0 bridgehead atoms. The monoisotopic (exact) mass is 378 g/mol. The second-order valence-corrected chi connectivity index (χ2v) is 8.30. The Hall–Kier alpha value is -2.46. The van der Waals surface area contributed by atoms with Gasteiger partial charge in [-0.25, -0.2) is 13.4 Å². The fourth-order valence-electron chi connectivity index (χ4n) is 3.15. The standard InChI is InChI=1S/C16H22N6O3S/c1-10-15(11(2)21-20-10)26(24,25)22-7-3-4-12(9-22)16(23)19-13-5-6-14(17)18-8-13/h5-6,8,12H,3-4,7,9H2,1-2H3,(H2,17,18)(H,19,23)(H,20,21). The maximum absolute atomic E-state index is 13.0. The highest BCUT2D eigenvalue weighted by molar-refractivity contribution is 7.89. The van der Waals surface area contributed by atoms with Crippen molar-refractivity contribution in [3.05, 3.63) is 29.7 Å². The molecule has 1 unspecified atom stereocenters. The van der Waals surface area contributed by atoms with Crippen molar-refractivity contribution in [3.63, 3.8) is 0 Å². The van der Waals surface area contributed by atoms with Crippen LogP contribution >= 0.6 is 0 Å². The number of nitrogens with one attached hydrogen (secondary N) is 2. The van der Waals surface area contributed by atoms with Gasteiger partial charge in [-0.3, -0.25) is 9.89 Å². The third kappa shape index (κ3) is 3.56. The lowest BCUT2D eigenvalue weighted by Crippen LogP contribution is -2.43. The minimum Gasteiger partial charge on any atom is -0.384 e. The Kier molecular flexibility index (Phi) is 4.97. The zero-order valence-electron chi connectivity index (χ0n) is 14.7. The third-order valence-corrected chi connectivity index (χ3v) is 6.60. The SMILES string of the molecule is Cc1n[nH]c(C)c1S(=O)(=O)N1CCCC(C(=O)Nc2ccc(N)nc2)C1. The summed E-state index contributed by atoms with van der Waals surface area (Å²) in [4.78, 5) is 16.7. The van der Waals surface area contributed by atoms with Crippen LogP contribution in [0.1, 0.15) is 24.2 Å². The van der Waals surface area contributed by atoms with Crippen molar-refractivity contribution < 1.29 is 13.2 Å². The maximum Gasteiger partial charge on any atom is 0.246 e. The molecule has 4 N–H and O–H groups in total. The molecule has 2 aromatic rings. The quantitative estimate of drug-likeness (QED) is 0.728. The number of pyridine rings is 1. The van der Waals surface area contributed by atoms with Gasteiger partial charge in [0.15, 0.2) is 0 Å². The molecule has 9 nitrogen and oxygen atoms in total. The van der Waals surface area contributed by atoms with E-state index in [0.29, 0.717) is 42.3 Å². The van der Waals surface area contributed by atoms with E-state index in [-0.39, 0.29) is 17.3 Å². The number of anilines is 2. The number of hydrogen-bond acceptors (Lipinski definition) is 6. The van der Waals surface area contributed by atoms with Crippen LogP contribution in [0.25, 0.3) is 0 Å². The number of carbonyl (C=O) groups is 1. The van der Waals surface area contributed by atoms with Gasteiger partial charge in [-0.1, -0.05) is 0 Å². The minimum absolute atomic E-state index is 0.140. The molecule has 1 saturated heterocycles. The van der Waals surface area contributed by atoms with Gasteiger partial charge in [0.1, 0.15) is 10.7 Å². The lowest BCUT2D eigenvalue weighted by molar-refractivity contribution is -0.120. The first-order valence-corrected chi connectivity index (χ1v) is 9.77. The highest BCUT2D eigenvalue weighted by Gasteiger charge is 2.35. The van der Waals surface area contributed by atoms with Crippen LogP contribution < -0.4 is 11.1 Å². The molecular formula is C16H22N6O3S. The van der Waals surface area contributed by atoms with E-state index in [1.807, 2.05) is 0 Å². The van der Waals surface area contributed by atoms with E-state index >= 15 is 0 Å². The second-order valence-electron chi connectivity index (χ2n) is 6.43. The summed E-state index contributed by atoms with van der Waals surface area (Å²) in [6.07, 6.45) is 2.72. The molecule has 1 amide bonds. The van der Waals surface area contributed by atoms with E-state index < -0.39 is 15.9 Å². The fraction of sp³-hybridized carbons (Fsp3) is 0.438. The Bertz CT molecular complexity index is 887. The molecule has 2 aromatic heterocycles. The van der Waals surface area contributed by atoms with Crippen LogP contribution in [0.15, 0.2) is 23.2 Å². The molecule has 3 heterocycles. The lowest BCUT2D eigenvalue weighted by Gasteiger charge is -2.31. The van der Waals surface area contributed by atoms with Gasteiger partial charge in [0, 0.05) is 13.1 Å². The zero-order chi connectivity index (χ0) is 18.9. The van der Waals surface area contributed by atoms with Gasteiger partial charge >= 0.3 is 0 Å². The average molecular weight is 378 g/mol. The molecule has 0 spiro atoms. The van der Waals surface area contributed by atoms with Crippen molar-refractivity contribution in [3.8, 4) is 0 Å². The second kappa shape index (κ2) is 7.04. The Morgan fingerprint density at radius 3 is 2.77 bits per heavy atom.